The van der Waals surface area contributed by atoms with Crippen LogP contribution in [0.5, 0.6) is 11.5 Å². The molecule has 1 aromatic heterocycles. The van der Waals surface area contributed by atoms with Gasteiger partial charge in [0.2, 0.25) is 6.79 Å². The maximum Gasteiger partial charge on any atom is 0.231 e. The van der Waals surface area contributed by atoms with E-state index in [9.17, 15) is 0 Å². The van der Waals surface area contributed by atoms with Crippen LogP contribution in [0.3, 0.4) is 0 Å². The van der Waals surface area contributed by atoms with Crippen LogP contribution in [0.25, 0.3) is 22.2 Å². The van der Waals surface area contributed by atoms with Gasteiger partial charge in [-0.05, 0) is 43.2 Å². The fraction of sp³-hybridized carbons (Fsp3) is 0.238. The Morgan fingerprint density at radius 1 is 1.04 bits per heavy atom. The molecule has 3 heterocycles. The molecule has 1 N–H and O–H groups in total. The lowest BCUT2D eigenvalue weighted by atomic mass is 10.0. The lowest BCUT2D eigenvalue weighted by molar-refractivity contribution is 0.174. The largest absolute Gasteiger partial charge is 0.454 e. The Balaban J connectivity index is 1.46. The number of pyridine rings is 1. The molecule has 5 nitrogen and oxygen atoms in total. The highest BCUT2D eigenvalue weighted by molar-refractivity contribution is 8.14. The number of hydrogen-bond donors (Lipinski definition) is 1. The van der Waals surface area contributed by atoms with Crippen LogP contribution in [0, 0.1) is 6.92 Å². The Morgan fingerprint density at radius 3 is 2.63 bits per heavy atom. The zero-order valence-corrected chi connectivity index (χ0v) is 15.8. The van der Waals surface area contributed by atoms with Crippen LogP contribution < -0.4 is 14.8 Å². The second kappa shape index (κ2) is 6.78. The number of aliphatic imine (C=N–C) groups is 1. The molecule has 0 bridgehead atoms. The average molecular weight is 377 g/mol. The van der Waals surface area contributed by atoms with Gasteiger partial charge in [0.1, 0.15) is 0 Å². The fourth-order valence-electron chi connectivity index (χ4n) is 3.32. The van der Waals surface area contributed by atoms with Crippen LogP contribution in [-0.2, 0) is 0 Å². The number of aryl methyl sites for hydroxylation is 1. The van der Waals surface area contributed by atoms with Gasteiger partial charge in [-0.15, -0.1) is 0 Å². The zero-order chi connectivity index (χ0) is 18.2. The summed E-state index contributed by atoms with van der Waals surface area (Å²) in [6, 6.07) is 14.4. The minimum atomic E-state index is 0.273. The van der Waals surface area contributed by atoms with Crippen molar-refractivity contribution in [2.45, 2.75) is 13.3 Å². The van der Waals surface area contributed by atoms with E-state index in [0.29, 0.717) is 0 Å². The van der Waals surface area contributed by atoms with Gasteiger partial charge in [-0.25, -0.2) is 4.98 Å². The molecule has 5 rings (SSSR count). The van der Waals surface area contributed by atoms with Gasteiger partial charge in [-0.1, -0.05) is 23.9 Å². The summed E-state index contributed by atoms with van der Waals surface area (Å²) in [6.07, 6.45) is 1.15. The third kappa shape index (κ3) is 3.21. The van der Waals surface area contributed by atoms with Gasteiger partial charge in [0.25, 0.3) is 0 Å². The van der Waals surface area contributed by atoms with Crippen molar-refractivity contribution in [3.8, 4) is 22.8 Å². The Labute approximate surface area is 161 Å². The van der Waals surface area contributed by atoms with Crippen LogP contribution in [-0.4, -0.2) is 29.2 Å². The van der Waals surface area contributed by atoms with E-state index < -0.39 is 0 Å². The Hall–Kier alpha value is -2.73. The third-order valence-corrected chi connectivity index (χ3v) is 5.74. The van der Waals surface area contributed by atoms with Gasteiger partial charge in [0.15, 0.2) is 16.7 Å². The quantitative estimate of drug-likeness (QED) is 0.692. The summed E-state index contributed by atoms with van der Waals surface area (Å²) in [5.41, 5.74) is 5.18. The van der Waals surface area contributed by atoms with Gasteiger partial charge in [0, 0.05) is 35.0 Å². The van der Waals surface area contributed by atoms with Crippen LogP contribution in [0.1, 0.15) is 12.0 Å². The van der Waals surface area contributed by atoms with E-state index in [1.807, 2.05) is 12.1 Å². The number of anilines is 1. The van der Waals surface area contributed by atoms with E-state index in [1.165, 1.54) is 5.56 Å². The van der Waals surface area contributed by atoms with E-state index >= 15 is 0 Å². The molecule has 6 heteroatoms. The first-order chi connectivity index (χ1) is 13.3. The highest BCUT2D eigenvalue weighted by Gasteiger charge is 2.16. The number of nitrogens with one attached hydrogen (secondary N) is 1. The van der Waals surface area contributed by atoms with Crippen molar-refractivity contribution >= 4 is 33.5 Å². The monoisotopic (exact) mass is 377 g/mol. The molecule has 0 saturated heterocycles. The van der Waals surface area contributed by atoms with E-state index in [-0.39, 0.29) is 6.79 Å². The Bertz CT molecular complexity index is 1050. The number of thioether (sulfide) groups is 1. The second-order valence-electron chi connectivity index (χ2n) is 6.64. The van der Waals surface area contributed by atoms with E-state index in [0.717, 1.165) is 63.2 Å². The lowest BCUT2D eigenvalue weighted by Gasteiger charge is -2.13. The maximum absolute atomic E-state index is 5.50. The van der Waals surface area contributed by atoms with Crippen molar-refractivity contribution in [3.05, 3.63) is 48.0 Å². The van der Waals surface area contributed by atoms with Crippen LogP contribution in [0.2, 0.25) is 0 Å². The predicted octanol–water partition coefficient (Wildman–Crippen LogP) is 4.84. The first-order valence-corrected chi connectivity index (χ1v) is 10.0. The number of rotatable bonds is 2. The Morgan fingerprint density at radius 2 is 1.85 bits per heavy atom. The van der Waals surface area contributed by atoms with E-state index in [1.54, 1.807) is 11.8 Å². The van der Waals surface area contributed by atoms with Gasteiger partial charge in [0.05, 0.1) is 11.2 Å². The van der Waals surface area contributed by atoms with Crippen molar-refractivity contribution < 1.29 is 9.47 Å². The summed E-state index contributed by atoms with van der Waals surface area (Å²) in [5, 5.41) is 5.49. The summed E-state index contributed by atoms with van der Waals surface area (Å²) in [6.45, 7) is 3.28. The van der Waals surface area contributed by atoms with Crippen LogP contribution in [0.4, 0.5) is 5.69 Å². The predicted molar refractivity (Wildman–Crippen MR) is 111 cm³/mol. The SMILES string of the molecule is Cc1cc(-c2ccc(NC3=NCCCS3)cc2)nc2cc3c(cc12)OCO3. The molecule has 136 valence electrons. The first-order valence-electron chi connectivity index (χ1n) is 9.02. The van der Waals surface area contributed by atoms with Crippen LogP contribution >= 0.6 is 11.8 Å². The molecular weight excluding hydrogens is 358 g/mol. The van der Waals surface area contributed by atoms with Crippen LogP contribution in [0.15, 0.2) is 47.5 Å². The van der Waals surface area contributed by atoms with Crippen molar-refractivity contribution in [2.75, 3.05) is 24.4 Å². The van der Waals surface area contributed by atoms with Crippen molar-refractivity contribution in [1.82, 2.24) is 4.98 Å². The molecule has 27 heavy (non-hydrogen) atoms. The molecule has 2 aromatic carbocycles. The second-order valence-corrected chi connectivity index (χ2v) is 7.72. The number of amidine groups is 1. The van der Waals surface area contributed by atoms with Gasteiger partial charge in [-0.2, -0.15) is 0 Å². The molecule has 2 aliphatic heterocycles. The first kappa shape index (κ1) is 16.4. The minimum Gasteiger partial charge on any atom is -0.454 e. The average Bonchev–Trinajstić information content (AvgIpc) is 3.15. The molecule has 0 unspecified atom stereocenters. The number of nitrogens with zero attached hydrogens (tertiary/aromatic N) is 2. The standard InChI is InChI=1S/C21H19N3O2S/c1-13-9-17(24-18-11-20-19(10-16(13)18)25-12-26-20)14-3-5-15(6-4-14)23-21-22-7-2-8-27-21/h3-6,9-11H,2,7-8,12H2,1H3,(H,22,23). The molecule has 0 amide bonds. The summed E-state index contributed by atoms with van der Waals surface area (Å²) < 4.78 is 11.0. The molecular formula is C21H19N3O2S. The molecule has 2 aliphatic rings. The number of fused-ring (bicyclic) bond motifs is 2. The molecule has 0 saturated carbocycles. The smallest absolute Gasteiger partial charge is 0.231 e. The summed E-state index contributed by atoms with van der Waals surface area (Å²) in [7, 11) is 0. The summed E-state index contributed by atoms with van der Waals surface area (Å²) in [5.74, 6) is 2.68. The van der Waals surface area contributed by atoms with Gasteiger partial charge in [-0.3, -0.25) is 4.99 Å². The highest BCUT2D eigenvalue weighted by Crippen LogP contribution is 2.37. The topological polar surface area (TPSA) is 55.7 Å². The van der Waals surface area contributed by atoms with E-state index in [2.05, 4.69) is 47.6 Å². The van der Waals surface area contributed by atoms with Gasteiger partial charge >= 0.3 is 0 Å². The highest BCUT2D eigenvalue weighted by atomic mass is 32.2. The van der Waals surface area contributed by atoms with Crippen molar-refractivity contribution in [3.63, 3.8) is 0 Å². The number of ether oxygens (including phenoxy) is 2. The summed E-state index contributed by atoms with van der Waals surface area (Å²) in [4.78, 5) is 9.36. The number of hydrogen-bond acceptors (Lipinski definition) is 6. The Kier molecular flexibility index (Phi) is 4.13. The lowest BCUT2D eigenvalue weighted by Crippen LogP contribution is -2.13. The van der Waals surface area contributed by atoms with E-state index in [4.69, 9.17) is 14.5 Å². The normalized spacial score (nSPS) is 15.7. The minimum absolute atomic E-state index is 0.273. The zero-order valence-electron chi connectivity index (χ0n) is 15.0. The molecule has 3 aromatic rings. The third-order valence-electron chi connectivity index (χ3n) is 4.74. The number of aromatic nitrogens is 1. The van der Waals surface area contributed by atoms with Crippen molar-refractivity contribution in [2.24, 2.45) is 4.99 Å². The number of benzene rings is 2. The molecule has 0 atom stereocenters. The summed E-state index contributed by atoms with van der Waals surface area (Å²) >= 11 is 1.78. The molecule has 0 spiro atoms. The molecule has 0 fully saturated rings. The van der Waals surface area contributed by atoms with Crippen molar-refractivity contribution in [1.29, 1.82) is 0 Å². The molecule has 0 aliphatic carbocycles. The maximum atomic E-state index is 5.50. The molecule has 0 radical (unpaired) electrons. The van der Waals surface area contributed by atoms with Gasteiger partial charge < -0.3 is 14.8 Å². The fourth-order valence-corrected chi connectivity index (χ4v) is 4.15.